The number of ether oxygens (including phenoxy) is 2. The molecule has 0 spiro atoms. The van der Waals surface area contributed by atoms with E-state index < -0.39 is 0 Å². The molecule has 0 bridgehead atoms. The highest BCUT2D eigenvalue weighted by Gasteiger charge is 2.32. The van der Waals surface area contributed by atoms with E-state index in [0.717, 1.165) is 42.8 Å². The number of hydrogen-bond donors (Lipinski definition) is 4. The van der Waals surface area contributed by atoms with E-state index in [1.54, 1.807) is 18.2 Å². The molecule has 3 heterocycles. The van der Waals surface area contributed by atoms with Crippen LogP contribution in [0, 0.1) is 0 Å². The molecule has 8 nitrogen and oxygen atoms in total. The number of anilines is 1. The summed E-state index contributed by atoms with van der Waals surface area (Å²) in [5, 5.41) is 2.96. The molecule has 1 amide bonds. The van der Waals surface area contributed by atoms with Gasteiger partial charge in [-0.05, 0) is 36.4 Å². The number of benzene rings is 2. The Balaban J connectivity index is 1.28. The highest BCUT2D eigenvalue weighted by Crippen LogP contribution is 2.33. The number of carbonyl (C=O) groups excluding carboxylic acids is 1. The minimum absolute atomic E-state index is 0.0384. The summed E-state index contributed by atoms with van der Waals surface area (Å²) in [5.74, 6) is 1.56. The molecule has 2 atom stereocenters. The van der Waals surface area contributed by atoms with Crippen molar-refractivity contribution in [1.82, 2.24) is 9.97 Å². The van der Waals surface area contributed by atoms with Gasteiger partial charge in [-0.25, -0.2) is 4.79 Å². The molecule has 0 saturated carbocycles. The van der Waals surface area contributed by atoms with Crippen LogP contribution in [0.1, 0.15) is 30.9 Å². The van der Waals surface area contributed by atoms with Gasteiger partial charge in [0.2, 0.25) is 0 Å². The van der Waals surface area contributed by atoms with E-state index in [4.69, 9.17) is 9.47 Å². The Morgan fingerprint density at radius 3 is 2.77 bits per heavy atom. The molecule has 0 aliphatic carbocycles. The maximum absolute atomic E-state index is 12.7. The number of aromatic amines is 2. The van der Waals surface area contributed by atoms with E-state index >= 15 is 0 Å². The topological polar surface area (TPSA) is 101 Å². The van der Waals surface area contributed by atoms with Crippen molar-refractivity contribution in [2.45, 2.75) is 25.3 Å². The Hall–Kier alpha value is -3.26. The molecule has 30 heavy (non-hydrogen) atoms. The lowest BCUT2D eigenvalue weighted by Crippen LogP contribution is -3.11. The SMILES string of the molecule is O=C(C[NH+]1CCC[C@H]1c1ccc2c(c1)OCCCO2)Nc1ccc2[nH]c(=O)[nH]c2c1. The average molecular weight is 409 g/mol. The van der Waals surface area contributed by atoms with Gasteiger partial charge < -0.3 is 29.7 Å². The van der Waals surface area contributed by atoms with Gasteiger partial charge in [0.05, 0.1) is 30.8 Å². The predicted octanol–water partition coefficient (Wildman–Crippen LogP) is 1.38. The fourth-order valence-corrected chi connectivity index (χ4v) is 4.44. The van der Waals surface area contributed by atoms with Crippen molar-refractivity contribution in [3.63, 3.8) is 0 Å². The van der Waals surface area contributed by atoms with E-state index in [2.05, 4.69) is 27.4 Å². The predicted molar refractivity (Wildman–Crippen MR) is 112 cm³/mol. The zero-order valence-electron chi connectivity index (χ0n) is 16.6. The number of nitrogens with one attached hydrogen (secondary N) is 4. The summed E-state index contributed by atoms with van der Waals surface area (Å²) in [6, 6.07) is 11.8. The van der Waals surface area contributed by atoms with E-state index in [1.165, 1.54) is 10.5 Å². The third-order valence-electron chi connectivity index (χ3n) is 5.84. The first kappa shape index (κ1) is 18.7. The van der Waals surface area contributed by atoms with E-state index in [1.807, 2.05) is 6.07 Å². The summed E-state index contributed by atoms with van der Waals surface area (Å²) in [7, 11) is 0. The standard InChI is InChI=1S/C22H24N4O4/c27-21(23-15-5-6-16-17(12-15)25-22(28)24-16)13-26-8-1-3-18(26)14-4-7-19-20(11-14)30-10-2-9-29-19/h4-7,11-12,18H,1-3,8-10,13H2,(H,23,27)(H2,24,25,28)/p+1/t18-/m0/s1. The lowest BCUT2D eigenvalue weighted by Gasteiger charge is -2.22. The lowest BCUT2D eigenvalue weighted by molar-refractivity contribution is -0.910. The number of likely N-dealkylation sites (tertiary alicyclic amines) is 1. The number of aromatic nitrogens is 2. The van der Waals surface area contributed by atoms with Crippen LogP contribution in [0.4, 0.5) is 5.69 Å². The van der Waals surface area contributed by atoms with E-state index in [-0.39, 0.29) is 17.6 Å². The first-order valence-electron chi connectivity index (χ1n) is 10.4. The minimum Gasteiger partial charge on any atom is -0.490 e. The Labute approximate surface area is 173 Å². The number of imidazole rings is 1. The van der Waals surface area contributed by atoms with Crippen molar-refractivity contribution >= 4 is 22.6 Å². The maximum atomic E-state index is 12.7. The van der Waals surface area contributed by atoms with E-state index in [0.29, 0.717) is 31.0 Å². The molecule has 2 aliphatic heterocycles. The van der Waals surface area contributed by atoms with Gasteiger partial charge in [-0.15, -0.1) is 0 Å². The quantitative estimate of drug-likeness (QED) is 0.523. The monoisotopic (exact) mass is 409 g/mol. The Kier molecular flexibility index (Phi) is 4.92. The van der Waals surface area contributed by atoms with Crippen molar-refractivity contribution < 1.29 is 19.2 Å². The van der Waals surface area contributed by atoms with Crippen LogP contribution in [-0.4, -0.2) is 42.2 Å². The summed E-state index contributed by atoms with van der Waals surface area (Å²) in [6.07, 6.45) is 3.00. The number of rotatable bonds is 4. The molecule has 156 valence electrons. The zero-order chi connectivity index (χ0) is 20.5. The number of H-pyrrole nitrogens is 2. The molecule has 2 aliphatic rings. The molecule has 1 fully saturated rings. The average Bonchev–Trinajstić information content (AvgIpc) is 3.25. The highest BCUT2D eigenvalue weighted by atomic mass is 16.5. The zero-order valence-corrected chi connectivity index (χ0v) is 16.6. The molecule has 1 saturated heterocycles. The fraction of sp³-hybridized carbons (Fsp3) is 0.364. The molecular formula is C22H25N4O4+. The molecule has 1 unspecified atom stereocenters. The second kappa shape index (κ2) is 7.87. The van der Waals surface area contributed by atoms with Crippen LogP contribution in [-0.2, 0) is 4.79 Å². The van der Waals surface area contributed by atoms with Gasteiger partial charge in [0.25, 0.3) is 5.91 Å². The van der Waals surface area contributed by atoms with Crippen LogP contribution in [0.3, 0.4) is 0 Å². The maximum Gasteiger partial charge on any atom is 0.323 e. The molecule has 5 rings (SSSR count). The van der Waals surface area contributed by atoms with Crippen LogP contribution >= 0.6 is 0 Å². The molecule has 1 aromatic heterocycles. The summed E-state index contributed by atoms with van der Waals surface area (Å²) >= 11 is 0. The molecule has 3 aromatic rings. The number of quaternary nitrogens is 1. The smallest absolute Gasteiger partial charge is 0.323 e. The van der Waals surface area contributed by atoms with Crippen molar-refractivity contribution in [3.8, 4) is 11.5 Å². The van der Waals surface area contributed by atoms with Gasteiger partial charge >= 0.3 is 5.69 Å². The van der Waals surface area contributed by atoms with Crippen molar-refractivity contribution in [2.24, 2.45) is 0 Å². The number of hydrogen-bond acceptors (Lipinski definition) is 4. The Morgan fingerprint density at radius 1 is 1.03 bits per heavy atom. The third-order valence-corrected chi connectivity index (χ3v) is 5.84. The van der Waals surface area contributed by atoms with Gasteiger partial charge in [0, 0.05) is 30.5 Å². The molecule has 4 N–H and O–H groups in total. The number of carbonyl (C=O) groups is 1. The van der Waals surface area contributed by atoms with Crippen LogP contribution in [0.2, 0.25) is 0 Å². The summed E-state index contributed by atoms with van der Waals surface area (Å²) < 4.78 is 11.6. The molecule has 8 heteroatoms. The van der Waals surface area contributed by atoms with Gasteiger partial charge in [-0.3, -0.25) is 4.79 Å². The summed E-state index contributed by atoms with van der Waals surface area (Å²) in [6.45, 7) is 2.68. The van der Waals surface area contributed by atoms with Gasteiger partial charge in [-0.1, -0.05) is 0 Å². The normalized spacial score (nSPS) is 20.8. The first-order valence-corrected chi connectivity index (χ1v) is 10.4. The second-order valence-electron chi connectivity index (χ2n) is 7.92. The minimum atomic E-state index is -0.257. The lowest BCUT2D eigenvalue weighted by atomic mass is 10.0. The summed E-state index contributed by atoms with van der Waals surface area (Å²) in [5.41, 5.74) is 3.00. The van der Waals surface area contributed by atoms with Gasteiger partial charge in [0.1, 0.15) is 6.04 Å². The summed E-state index contributed by atoms with van der Waals surface area (Å²) in [4.78, 5) is 30.8. The Morgan fingerprint density at radius 2 is 1.87 bits per heavy atom. The highest BCUT2D eigenvalue weighted by molar-refractivity contribution is 5.93. The number of amides is 1. The number of fused-ring (bicyclic) bond motifs is 2. The van der Waals surface area contributed by atoms with Crippen molar-refractivity contribution in [1.29, 1.82) is 0 Å². The Bertz CT molecular complexity index is 1140. The van der Waals surface area contributed by atoms with Crippen molar-refractivity contribution in [2.75, 3.05) is 31.6 Å². The fourth-order valence-electron chi connectivity index (χ4n) is 4.44. The van der Waals surface area contributed by atoms with E-state index in [9.17, 15) is 9.59 Å². The van der Waals surface area contributed by atoms with Crippen LogP contribution in [0.15, 0.2) is 41.2 Å². The van der Waals surface area contributed by atoms with Crippen LogP contribution in [0.25, 0.3) is 11.0 Å². The van der Waals surface area contributed by atoms with Gasteiger partial charge in [-0.2, -0.15) is 0 Å². The van der Waals surface area contributed by atoms with Crippen LogP contribution in [0.5, 0.6) is 11.5 Å². The van der Waals surface area contributed by atoms with Gasteiger partial charge in [0.15, 0.2) is 18.0 Å². The molecular weight excluding hydrogens is 384 g/mol. The van der Waals surface area contributed by atoms with Crippen molar-refractivity contribution in [3.05, 3.63) is 52.4 Å². The first-order chi connectivity index (χ1) is 14.7. The largest absolute Gasteiger partial charge is 0.490 e. The molecule has 2 aromatic carbocycles. The molecule has 0 radical (unpaired) electrons. The second-order valence-corrected chi connectivity index (χ2v) is 7.92. The van der Waals surface area contributed by atoms with Crippen LogP contribution < -0.4 is 25.4 Å². The third kappa shape index (κ3) is 3.78.